The van der Waals surface area contributed by atoms with Gasteiger partial charge in [0, 0.05) is 6.54 Å². The van der Waals surface area contributed by atoms with E-state index in [1.165, 1.54) is 45.1 Å². The molecule has 0 radical (unpaired) electrons. The number of rotatable bonds is 7. The smallest absolute Gasteiger partial charge is 0.126 e. The van der Waals surface area contributed by atoms with Crippen LogP contribution in [0.2, 0.25) is 0 Å². The molecule has 108 valence electrons. The Bertz CT molecular complexity index is 224. The molecule has 0 atom stereocenters. The molecule has 1 aliphatic carbocycles. The fraction of sp³-hybridized carbons (Fsp3) is 1.00. The highest BCUT2D eigenvalue weighted by molar-refractivity contribution is 4.79. The number of hydrogen-bond acceptors (Lipinski definition) is 3. The van der Waals surface area contributed by atoms with E-state index < -0.39 is 0 Å². The third-order valence-electron chi connectivity index (χ3n) is 5.00. The monoisotopic (exact) mass is 255 g/mol. The molecule has 0 bridgehead atoms. The van der Waals surface area contributed by atoms with Gasteiger partial charge in [-0.2, -0.15) is 0 Å². The second-order valence-electron chi connectivity index (χ2n) is 6.47. The van der Waals surface area contributed by atoms with Gasteiger partial charge in [-0.05, 0) is 60.9 Å². The van der Waals surface area contributed by atoms with Crippen molar-refractivity contribution in [2.24, 2.45) is 5.92 Å². The summed E-state index contributed by atoms with van der Waals surface area (Å²) in [4.78, 5) is 7.06. The first-order valence-electron chi connectivity index (χ1n) is 7.45. The molecule has 0 heterocycles. The summed E-state index contributed by atoms with van der Waals surface area (Å²) >= 11 is 0. The highest BCUT2D eigenvalue weighted by Crippen LogP contribution is 2.29. The molecule has 0 aliphatic heterocycles. The lowest BCUT2D eigenvalue weighted by molar-refractivity contribution is -0.105. The van der Waals surface area contributed by atoms with Gasteiger partial charge in [-0.3, -0.25) is 14.7 Å². The van der Waals surface area contributed by atoms with Crippen LogP contribution < -0.4 is 0 Å². The third-order valence-corrected chi connectivity index (χ3v) is 5.00. The molecule has 18 heavy (non-hydrogen) atoms. The van der Waals surface area contributed by atoms with Crippen LogP contribution >= 0.6 is 0 Å². The quantitative estimate of drug-likeness (QED) is 0.648. The van der Waals surface area contributed by atoms with Crippen molar-refractivity contribution >= 4 is 0 Å². The van der Waals surface area contributed by atoms with Gasteiger partial charge in [-0.15, -0.1) is 0 Å². The summed E-state index contributed by atoms with van der Waals surface area (Å²) in [6, 6.07) is 0. The van der Waals surface area contributed by atoms with Crippen LogP contribution in [-0.2, 0) is 0 Å². The second kappa shape index (κ2) is 6.88. The van der Waals surface area contributed by atoms with Crippen molar-refractivity contribution in [1.29, 1.82) is 0 Å². The molecule has 1 rings (SSSR count). The van der Waals surface area contributed by atoms with Crippen molar-refractivity contribution in [3.05, 3.63) is 0 Å². The van der Waals surface area contributed by atoms with Crippen molar-refractivity contribution in [1.82, 2.24) is 14.7 Å². The van der Waals surface area contributed by atoms with Gasteiger partial charge in [-0.1, -0.05) is 25.7 Å². The first-order valence-corrected chi connectivity index (χ1v) is 7.45. The van der Waals surface area contributed by atoms with E-state index in [9.17, 15) is 0 Å². The van der Waals surface area contributed by atoms with E-state index in [2.05, 4.69) is 56.9 Å². The van der Waals surface area contributed by atoms with Crippen molar-refractivity contribution in [3.8, 4) is 0 Å². The van der Waals surface area contributed by atoms with Crippen LogP contribution in [-0.4, -0.2) is 62.3 Å². The maximum Gasteiger partial charge on any atom is 0.126 e. The Morgan fingerprint density at radius 2 is 1.44 bits per heavy atom. The Kier molecular flexibility index (Phi) is 6.09. The maximum absolute atomic E-state index is 2.47. The Balaban J connectivity index is 2.39. The van der Waals surface area contributed by atoms with Crippen LogP contribution in [0.25, 0.3) is 0 Å². The Morgan fingerprint density at radius 3 is 1.89 bits per heavy atom. The molecule has 1 aliphatic rings. The first-order chi connectivity index (χ1) is 8.39. The summed E-state index contributed by atoms with van der Waals surface area (Å²) in [7, 11) is 10.9. The molecule has 0 N–H and O–H groups in total. The summed E-state index contributed by atoms with van der Waals surface area (Å²) in [6.07, 6.45) is 8.63. The largest absolute Gasteiger partial charge is 0.279 e. The average molecular weight is 255 g/mol. The minimum absolute atomic E-state index is 0.00960. The molecule has 0 saturated heterocycles. The molecular weight excluding hydrogens is 222 g/mol. The van der Waals surface area contributed by atoms with Crippen LogP contribution in [0, 0.1) is 5.92 Å². The molecule has 1 saturated carbocycles. The second-order valence-corrected chi connectivity index (χ2v) is 6.47. The zero-order valence-corrected chi connectivity index (χ0v) is 13.4. The average Bonchev–Trinajstić information content (AvgIpc) is 2.80. The third kappa shape index (κ3) is 3.69. The molecule has 0 aromatic carbocycles. The van der Waals surface area contributed by atoms with Crippen LogP contribution in [0.15, 0.2) is 0 Å². The summed E-state index contributed by atoms with van der Waals surface area (Å²) < 4.78 is 0. The van der Waals surface area contributed by atoms with E-state index in [1.807, 2.05) is 0 Å². The number of nitrogens with zero attached hydrogens (tertiary/aromatic N) is 3. The van der Waals surface area contributed by atoms with Gasteiger partial charge in [0.1, 0.15) is 5.79 Å². The highest BCUT2D eigenvalue weighted by Gasteiger charge is 2.33. The van der Waals surface area contributed by atoms with Crippen LogP contribution in [0.1, 0.15) is 45.4 Å². The van der Waals surface area contributed by atoms with Gasteiger partial charge >= 0.3 is 0 Å². The van der Waals surface area contributed by atoms with E-state index in [4.69, 9.17) is 0 Å². The highest BCUT2D eigenvalue weighted by atomic mass is 15.5. The first kappa shape index (κ1) is 15.9. The van der Waals surface area contributed by atoms with Crippen LogP contribution in [0.3, 0.4) is 0 Å². The van der Waals surface area contributed by atoms with Gasteiger partial charge < -0.3 is 0 Å². The SMILES string of the molecule is CN(C)C(C)(N(C)C)N(C)CCCC1CCCC1. The van der Waals surface area contributed by atoms with Crippen molar-refractivity contribution in [3.63, 3.8) is 0 Å². The molecule has 0 amide bonds. The van der Waals surface area contributed by atoms with E-state index in [0.29, 0.717) is 0 Å². The molecule has 0 unspecified atom stereocenters. The molecular formula is C15H33N3. The Morgan fingerprint density at radius 1 is 0.944 bits per heavy atom. The summed E-state index contributed by atoms with van der Waals surface area (Å²) in [5, 5.41) is 0. The minimum atomic E-state index is 0.00960. The lowest BCUT2D eigenvalue weighted by Gasteiger charge is -2.48. The molecule has 3 nitrogen and oxygen atoms in total. The van der Waals surface area contributed by atoms with E-state index in [1.54, 1.807) is 0 Å². The fourth-order valence-corrected chi connectivity index (χ4v) is 3.21. The lowest BCUT2D eigenvalue weighted by atomic mass is 10.0. The van der Waals surface area contributed by atoms with E-state index in [0.717, 1.165) is 5.92 Å². The zero-order valence-electron chi connectivity index (χ0n) is 13.4. The summed E-state index contributed by atoms with van der Waals surface area (Å²) in [5.74, 6) is 1.03. The minimum Gasteiger partial charge on any atom is -0.279 e. The molecule has 0 aromatic rings. The fourth-order valence-electron chi connectivity index (χ4n) is 3.21. The molecule has 0 aromatic heterocycles. The van der Waals surface area contributed by atoms with Crippen molar-refractivity contribution in [2.75, 3.05) is 41.8 Å². The lowest BCUT2D eigenvalue weighted by Crippen LogP contribution is -2.63. The van der Waals surface area contributed by atoms with Crippen molar-refractivity contribution < 1.29 is 0 Å². The van der Waals surface area contributed by atoms with Crippen molar-refractivity contribution in [2.45, 2.75) is 51.2 Å². The Labute approximate surface area is 114 Å². The normalized spacial score (nSPS) is 18.5. The molecule has 1 fully saturated rings. The zero-order chi connectivity index (χ0) is 13.8. The maximum atomic E-state index is 2.47. The molecule has 3 heteroatoms. The topological polar surface area (TPSA) is 9.72 Å². The standard InChI is InChI=1S/C15H33N3/c1-15(16(2)3,17(4)5)18(6)13-9-12-14-10-7-8-11-14/h14H,7-13H2,1-6H3. The van der Waals surface area contributed by atoms with E-state index in [-0.39, 0.29) is 5.79 Å². The van der Waals surface area contributed by atoms with Crippen LogP contribution in [0.5, 0.6) is 0 Å². The van der Waals surface area contributed by atoms with Gasteiger partial charge in [-0.25, -0.2) is 0 Å². The Hall–Kier alpha value is -0.120. The van der Waals surface area contributed by atoms with Gasteiger partial charge in [0.2, 0.25) is 0 Å². The predicted molar refractivity (Wildman–Crippen MR) is 79.6 cm³/mol. The molecule has 0 spiro atoms. The number of hydrogen-bond donors (Lipinski definition) is 0. The van der Waals surface area contributed by atoms with E-state index >= 15 is 0 Å². The predicted octanol–water partition coefficient (Wildman–Crippen LogP) is 2.69. The van der Waals surface area contributed by atoms with Gasteiger partial charge in [0.05, 0.1) is 0 Å². The summed E-state index contributed by atoms with van der Waals surface area (Å²) in [5.41, 5.74) is 0. The summed E-state index contributed by atoms with van der Waals surface area (Å²) in [6.45, 7) is 3.48. The van der Waals surface area contributed by atoms with Gasteiger partial charge in [0.15, 0.2) is 0 Å². The van der Waals surface area contributed by atoms with Gasteiger partial charge in [0.25, 0.3) is 0 Å². The van der Waals surface area contributed by atoms with Crippen LogP contribution in [0.4, 0.5) is 0 Å².